The molecule has 1 amide bonds. The van der Waals surface area contributed by atoms with Gasteiger partial charge in [-0.1, -0.05) is 36.4 Å². The Labute approximate surface area is 170 Å². The number of hydrogen-bond donors (Lipinski definition) is 2. The van der Waals surface area contributed by atoms with Crippen molar-refractivity contribution >= 4 is 22.0 Å². The molecule has 0 saturated carbocycles. The van der Waals surface area contributed by atoms with Gasteiger partial charge in [-0.2, -0.15) is 0 Å². The second kappa shape index (κ2) is 9.31. The average molecular weight is 410 g/mol. The molecule has 0 aliphatic rings. The Morgan fingerprint density at radius 1 is 1.10 bits per heavy atom. The molecule has 2 N–H and O–H groups in total. The molecule has 29 heavy (non-hydrogen) atoms. The molecule has 0 spiro atoms. The first kappa shape index (κ1) is 20.5. The third-order valence-corrected chi connectivity index (χ3v) is 5.80. The van der Waals surface area contributed by atoms with Crippen LogP contribution in [0.4, 0.5) is 0 Å². The van der Waals surface area contributed by atoms with Crippen LogP contribution in [0.5, 0.6) is 0 Å². The maximum atomic E-state index is 12.2. The van der Waals surface area contributed by atoms with Gasteiger partial charge in [0.1, 0.15) is 0 Å². The van der Waals surface area contributed by atoms with Crippen molar-refractivity contribution in [2.45, 2.75) is 18.0 Å². The van der Waals surface area contributed by atoms with Crippen LogP contribution in [0, 0.1) is 0 Å². The third kappa shape index (κ3) is 5.63. The fraction of sp³-hybridized carbons (Fsp3) is 0.143. The highest BCUT2D eigenvalue weighted by molar-refractivity contribution is 7.89. The molecule has 2 aromatic carbocycles. The highest BCUT2D eigenvalue weighted by Gasteiger charge is 2.10. The molecule has 0 bridgehead atoms. The number of carbonyl (C=O) groups excluding carboxylic acids is 1. The minimum Gasteiger partial charge on any atom is -0.348 e. The normalized spacial score (nSPS) is 11.6. The summed E-state index contributed by atoms with van der Waals surface area (Å²) >= 11 is 0. The van der Waals surface area contributed by atoms with Crippen LogP contribution in [0.2, 0.25) is 0 Å². The Hall–Kier alpha value is -3.23. The number of benzene rings is 2. The number of imidazole rings is 1. The minimum absolute atomic E-state index is 0.177. The zero-order valence-electron chi connectivity index (χ0n) is 15.9. The van der Waals surface area contributed by atoms with Gasteiger partial charge in [0.05, 0.1) is 11.2 Å². The van der Waals surface area contributed by atoms with E-state index < -0.39 is 10.0 Å². The van der Waals surface area contributed by atoms with Crippen LogP contribution in [0.15, 0.2) is 78.2 Å². The number of carbonyl (C=O) groups is 1. The Morgan fingerprint density at radius 3 is 2.48 bits per heavy atom. The van der Waals surface area contributed by atoms with Crippen LogP contribution in [0.3, 0.4) is 0 Å². The molecule has 1 heterocycles. The maximum Gasteiger partial charge on any atom is 0.244 e. The van der Waals surface area contributed by atoms with E-state index in [1.165, 1.54) is 25.3 Å². The van der Waals surface area contributed by atoms with Gasteiger partial charge in [-0.25, -0.2) is 18.1 Å². The van der Waals surface area contributed by atoms with E-state index in [4.69, 9.17) is 0 Å². The van der Waals surface area contributed by atoms with Crippen molar-refractivity contribution in [3.8, 4) is 0 Å². The Bertz CT molecular complexity index is 1090. The van der Waals surface area contributed by atoms with E-state index in [0.717, 1.165) is 16.7 Å². The molecule has 0 aliphatic carbocycles. The fourth-order valence-electron chi connectivity index (χ4n) is 2.75. The highest BCUT2D eigenvalue weighted by Crippen LogP contribution is 2.12. The molecule has 0 unspecified atom stereocenters. The minimum atomic E-state index is -3.47. The third-order valence-electron chi connectivity index (χ3n) is 4.37. The number of rotatable bonds is 8. The molecule has 3 rings (SSSR count). The predicted octanol–water partition coefficient (Wildman–Crippen LogP) is 2.17. The van der Waals surface area contributed by atoms with Gasteiger partial charge in [0.15, 0.2) is 0 Å². The lowest BCUT2D eigenvalue weighted by molar-refractivity contribution is -0.116. The van der Waals surface area contributed by atoms with Crippen molar-refractivity contribution in [2.24, 2.45) is 0 Å². The number of nitrogens with zero attached hydrogens (tertiary/aromatic N) is 2. The zero-order chi connectivity index (χ0) is 20.7. The first-order valence-corrected chi connectivity index (χ1v) is 10.5. The van der Waals surface area contributed by atoms with Crippen molar-refractivity contribution < 1.29 is 13.2 Å². The van der Waals surface area contributed by atoms with E-state index in [2.05, 4.69) is 15.0 Å². The van der Waals surface area contributed by atoms with Gasteiger partial charge in [-0.05, 0) is 41.9 Å². The molecule has 0 radical (unpaired) electrons. The summed E-state index contributed by atoms with van der Waals surface area (Å²) < 4.78 is 27.7. The van der Waals surface area contributed by atoms with Gasteiger partial charge in [-0.15, -0.1) is 0 Å². The number of nitrogens with one attached hydrogen (secondary N) is 2. The van der Waals surface area contributed by atoms with Crippen molar-refractivity contribution in [3.63, 3.8) is 0 Å². The standard InChI is InChI=1S/C21H22N4O3S/c1-22-29(27,28)20-9-6-17(7-10-20)8-11-21(26)24-14-18-4-2-3-5-19(18)15-25-13-12-23-16-25/h2-13,16,22H,14-15H2,1H3,(H,24,26)/b11-8+. The van der Waals surface area contributed by atoms with E-state index in [1.807, 2.05) is 35.0 Å². The topological polar surface area (TPSA) is 93.1 Å². The van der Waals surface area contributed by atoms with Gasteiger partial charge < -0.3 is 9.88 Å². The van der Waals surface area contributed by atoms with Crippen molar-refractivity contribution in [3.05, 3.63) is 90.0 Å². The van der Waals surface area contributed by atoms with E-state index in [0.29, 0.717) is 13.1 Å². The molecule has 0 saturated heterocycles. The quantitative estimate of drug-likeness (QED) is 0.557. The molecular weight excluding hydrogens is 388 g/mol. The number of aromatic nitrogens is 2. The summed E-state index contributed by atoms with van der Waals surface area (Å²) in [4.78, 5) is 16.4. The van der Waals surface area contributed by atoms with Crippen LogP contribution in [-0.2, 0) is 27.9 Å². The monoisotopic (exact) mass is 410 g/mol. The average Bonchev–Trinajstić information content (AvgIpc) is 3.25. The molecule has 150 valence electrons. The van der Waals surface area contributed by atoms with E-state index in [-0.39, 0.29) is 10.8 Å². The van der Waals surface area contributed by atoms with Gasteiger partial charge in [-0.3, -0.25) is 4.79 Å². The Morgan fingerprint density at radius 2 is 1.83 bits per heavy atom. The van der Waals surface area contributed by atoms with Crippen LogP contribution in [0.1, 0.15) is 16.7 Å². The Kier molecular flexibility index (Phi) is 6.58. The molecule has 0 fully saturated rings. The maximum absolute atomic E-state index is 12.2. The second-order valence-corrected chi connectivity index (χ2v) is 8.22. The van der Waals surface area contributed by atoms with Gasteiger partial charge in [0.2, 0.25) is 15.9 Å². The van der Waals surface area contributed by atoms with Crippen LogP contribution in [-0.4, -0.2) is 30.9 Å². The van der Waals surface area contributed by atoms with Crippen molar-refractivity contribution in [1.29, 1.82) is 0 Å². The van der Waals surface area contributed by atoms with Gasteiger partial charge >= 0.3 is 0 Å². The molecule has 7 nitrogen and oxygen atoms in total. The van der Waals surface area contributed by atoms with Crippen LogP contribution < -0.4 is 10.0 Å². The summed E-state index contributed by atoms with van der Waals surface area (Å²) in [6, 6.07) is 14.2. The lowest BCUT2D eigenvalue weighted by atomic mass is 10.1. The SMILES string of the molecule is CNS(=O)(=O)c1ccc(/C=C/C(=O)NCc2ccccc2Cn2ccnc2)cc1. The largest absolute Gasteiger partial charge is 0.348 e. The summed E-state index contributed by atoms with van der Waals surface area (Å²) in [6.45, 7) is 1.09. The summed E-state index contributed by atoms with van der Waals surface area (Å²) in [7, 11) is -2.11. The number of amides is 1. The van der Waals surface area contributed by atoms with Crippen LogP contribution >= 0.6 is 0 Å². The highest BCUT2D eigenvalue weighted by atomic mass is 32.2. The smallest absolute Gasteiger partial charge is 0.244 e. The lowest BCUT2D eigenvalue weighted by Crippen LogP contribution is -2.21. The summed E-state index contributed by atoms with van der Waals surface area (Å²) in [6.07, 6.45) is 8.45. The number of sulfonamides is 1. The molecule has 8 heteroatoms. The molecule has 1 aromatic heterocycles. The molecule has 0 atom stereocenters. The van der Waals surface area contributed by atoms with E-state index >= 15 is 0 Å². The zero-order valence-corrected chi connectivity index (χ0v) is 16.8. The Balaban J connectivity index is 1.59. The van der Waals surface area contributed by atoms with Crippen LogP contribution in [0.25, 0.3) is 6.08 Å². The molecular formula is C21H22N4O3S. The van der Waals surface area contributed by atoms with E-state index in [1.54, 1.807) is 30.7 Å². The number of hydrogen-bond acceptors (Lipinski definition) is 4. The lowest BCUT2D eigenvalue weighted by Gasteiger charge is -2.10. The first-order chi connectivity index (χ1) is 14.0. The summed E-state index contributed by atoms with van der Waals surface area (Å²) in [5.41, 5.74) is 2.87. The molecule has 3 aromatic rings. The first-order valence-electron chi connectivity index (χ1n) is 9.00. The predicted molar refractivity (Wildman–Crippen MR) is 111 cm³/mol. The van der Waals surface area contributed by atoms with Gasteiger partial charge in [0, 0.05) is 31.6 Å². The van der Waals surface area contributed by atoms with Crippen molar-refractivity contribution in [1.82, 2.24) is 19.6 Å². The van der Waals surface area contributed by atoms with Crippen molar-refractivity contribution in [2.75, 3.05) is 7.05 Å². The summed E-state index contributed by atoms with van der Waals surface area (Å²) in [5.74, 6) is -0.227. The van der Waals surface area contributed by atoms with Gasteiger partial charge in [0.25, 0.3) is 0 Å². The molecule has 0 aliphatic heterocycles. The second-order valence-electron chi connectivity index (χ2n) is 6.33. The van der Waals surface area contributed by atoms with E-state index in [9.17, 15) is 13.2 Å². The fourth-order valence-corrected chi connectivity index (χ4v) is 3.48. The summed E-state index contributed by atoms with van der Waals surface area (Å²) in [5, 5.41) is 2.88.